The molecular formula is C18H30N2O. The molecule has 0 aliphatic heterocycles. The first kappa shape index (κ1) is 16.5. The number of hydrogen-bond donors (Lipinski definition) is 2. The van der Waals surface area contributed by atoms with Gasteiger partial charge in [0.2, 0.25) is 0 Å². The standard InChI is InChI=1S/C18H30N2O/c1-14-11-15(2)13-16(12-14)18(19-3)7-8-20(9-10-21)17-5-4-6-17/h11-13,17-19,21H,4-10H2,1-3H3. The van der Waals surface area contributed by atoms with Crippen molar-refractivity contribution < 1.29 is 5.11 Å². The van der Waals surface area contributed by atoms with Crippen LogP contribution in [0.2, 0.25) is 0 Å². The van der Waals surface area contributed by atoms with Gasteiger partial charge in [0, 0.05) is 25.2 Å². The van der Waals surface area contributed by atoms with Crippen molar-refractivity contribution in [3.8, 4) is 0 Å². The quantitative estimate of drug-likeness (QED) is 0.773. The zero-order chi connectivity index (χ0) is 15.2. The lowest BCUT2D eigenvalue weighted by Gasteiger charge is -2.38. The maximum absolute atomic E-state index is 9.26. The number of hydrogen-bond acceptors (Lipinski definition) is 3. The minimum atomic E-state index is 0.268. The van der Waals surface area contributed by atoms with E-state index >= 15 is 0 Å². The van der Waals surface area contributed by atoms with Gasteiger partial charge in [0.15, 0.2) is 0 Å². The Morgan fingerprint density at radius 3 is 2.33 bits per heavy atom. The molecule has 2 N–H and O–H groups in total. The highest BCUT2D eigenvalue weighted by molar-refractivity contribution is 5.30. The smallest absolute Gasteiger partial charge is 0.0558 e. The molecule has 2 rings (SSSR count). The lowest BCUT2D eigenvalue weighted by molar-refractivity contribution is 0.0972. The summed E-state index contributed by atoms with van der Waals surface area (Å²) in [6, 6.07) is 7.89. The second-order valence-corrected chi connectivity index (χ2v) is 6.40. The second kappa shape index (κ2) is 7.92. The van der Waals surface area contributed by atoms with Crippen molar-refractivity contribution in [2.45, 2.75) is 51.6 Å². The van der Waals surface area contributed by atoms with E-state index in [9.17, 15) is 5.11 Å². The number of benzene rings is 1. The molecule has 1 unspecified atom stereocenters. The molecule has 0 heterocycles. The molecule has 1 aliphatic carbocycles. The Kier molecular flexibility index (Phi) is 6.22. The van der Waals surface area contributed by atoms with Crippen molar-refractivity contribution in [2.24, 2.45) is 0 Å². The van der Waals surface area contributed by atoms with E-state index in [0.717, 1.165) is 19.5 Å². The Hall–Kier alpha value is -0.900. The highest BCUT2D eigenvalue weighted by atomic mass is 16.3. The van der Waals surface area contributed by atoms with Crippen molar-refractivity contribution in [2.75, 3.05) is 26.7 Å². The summed E-state index contributed by atoms with van der Waals surface area (Å²) in [7, 11) is 2.04. The number of aryl methyl sites for hydroxylation is 2. The molecule has 0 saturated heterocycles. The number of nitrogens with one attached hydrogen (secondary N) is 1. The van der Waals surface area contributed by atoms with Crippen LogP contribution in [-0.2, 0) is 0 Å². The first-order valence-electron chi connectivity index (χ1n) is 8.24. The number of rotatable bonds is 8. The summed E-state index contributed by atoms with van der Waals surface area (Å²) >= 11 is 0. The van der Waals surface area contributed by atoms with Crippen LogP contribution < -0.4 is 5.32 Å². The van der Waals surface area contributed by atoms with E-state index in [4.69, 9.17) is 0 Å². The summed E-state index contributed by atoms with van der Waals surface area (Å²) in [5.41, 5.74) is 4.04. The Morgan fingerprint density at radius 2 is 1.86 bits per heavy atom. The van der Waals surface area contributed by atoms with E-state index in [1.807, 2.05) is 7.05 Å². The van der Waals surface area contributed by atoms with Gasteiger partial charge in [0.1, 0.15) is 0 Å². The predicted octanol–water partition coefficient (Wildman–Crippen LogP) is 2.80. The SMILES string of the molecule is CNC(CCN(CCO)C1CCC1)c1cc(C)cc(C)c1. The summed E-state index contributed by atoms with van der Waals surface area (Å²) in [6.45, 7) is 6.47. The maximum atomic E-state index is 9.26. The molecule has 1 aliphatic rings. The molecular weight excluding hydrogens is 260 g/mol. The Morgan fingerprint density at radius 1 is 1.19 bits per heavy atom. The van der Waals surface area contributed by atoms with Crippen molar-refractivity contribution in [1.29, 1.82) is 0 Å². The molecule has 3 heteroatoms. The van der Waals surface area contributed by atoms with E-state index in [2.05, 4.69) is 42.3 Å². The van der Waals surface area contributed by atoms with Gasteiger partial charge in [0.05, 0.1) is 6.61 Å². The third-order valence-corrected chi connectivity index (χ3v) is 4.68. The minimum absolute atomic E-state index is 0.268. The van der Waals surface area contributed by atoms with Crippen LogP contribution in [0.15, 0.2) is 18.2 Å². The van der Waals surface area contributed by atoms with Crippen LogP contribution >= 0.6 is 0 Å². The van der Waals surface area contributed by atoms with Crippen LogP contribution in [0.25, 0.3) is 0 Å². The van der Waals surface area contributed by atoms with E-state index in [1.165, 1.54) is 36.0 Å². The fourth-order valence-corrected chi connectivity index (χ4v) is 3.34. The zero-order valence-electron chi connectivity index (χ0n) is 13.7. The fraction of sp³-hybridized carbons (Fsp3) is 0.667. The molecule has 1 aromatic rings. The van der Waals surface area contributed by atoms with Gasteiger partial charge >= 0.3 is 0 Å². The largest absolute Gasteiger partial charge is 0.395 e. The number of nitrogens with zero attached hydrogens (tertiary/aromatic N) is 1. The maximum Gasteiger partial charge on any atom is 0.0558 e. The fourth-order valence-electron chi connectivity index (χ4n) is 3.34. The highest BCUT2D eigenvalue weighted by Gasteiger charge is 2.25. The molecule has 1 fully saturated rings. The van der Waals surface area contributed by atoms with Crippen LogP contribution in [0.4, 0.5) is 0 Å². The van der Waals surface area contributed by atoms with Gasteiger partial charge in [-0.25, -0.2) is 0 Å². The highest BCUT2D eigenvalue weighted by Crippen LogP contribution is 2.26. The van der Waals surface area contributed by atoms with Gasteiger partial charge in [-0.2, -0.15) is 0 Å². The number of aliphatic hydroxyl groups excluding tert-OH is 1. The van der Waals surface area contributed by atoms with Crippen molar-refractivity contribution in [3.05, 3.63) is 34.9 Å². The second-order valence-electron chi connectivity index (χ2n) is 6.40. The Bertz CT molecular complexity index is 423. The zero-order valence-corrected chi connectivity index (χ0v) is 13.7. The first-order chi connectivity index (χ1) is 10.1. The van der Waals surface area contributed by atoms with E-state index in [-0.39, 0.29) is 6.61 Å². The molecule has 0 radical (unpaired) electrons. The topological polar surface area (TPSA) is 35.5 Å². The molecule has 3 nitrogen and oxygen atoms in total. The van der Waals surface area contributed by atoms with Crippen molar-refractivity contribution in [1.82, 2.24) is 10.2 Å². The van der Waals surface area contributed by atoms with Crippen LogP contribution in [0, 0.1) is 13.8 Å². The summed E-state index contributed by atoms with van der Waals surface area (Å²) in [4.78, 5) is 2.47. The molecule has 0 amide bonds. The first-order valence-corrected chi connectivity index (χ1v) is 8.24. The Balaban J connectivity index is 1.97. The molecule has 1 saturated carbocycles. The van der Waals surface area contributed by atoms with Crippen molar-refractivity contribution >= 4 is 0 Å². The molecule has 0 spiro atoms. The summed E-state index contributed by atoms with van der Waals surface area (Å²) in [5.74, 6) is 0. The molecule has 118 valence electrons. The third kappa shape index (κ3) is 4.53. The predicted molar refractivity (Wildman–Crippen MR) is 88.6 cm³/mol. The third-order valence-electron chi connectivity index (χ3n) is 4.68. The summed E-state index contributed by atoms with van der Waals surface area (Å²) in [5, 5.41) is 12.7. The lowest BCUT2D eigenvalue weighted by atomic mass is 9.91. The minimum Gasteiger partial charge on any atom is -0.395 e. The van der Waals surface area contributed by atoms with E-state index in [0.29, 0.717) is 12.1 Å². The Labute approximate surface area is 129 Å². The van der Waals surface area contributed by atoms with E-state index in [1.54, 1.807) is 0 Å². The summed E-state index contributed by atoms with van der Waals surface area (Å²) in [6.07, 6.45) is 5.04. The molecule has 0 aromatic heterocycles. The lowest BCUT2D eigenvalue weighted by Crippen LogP contribution is -2.43. The van der Waals surface area contributed by atoms with Crippen LogP contribution in [-0.4, -0.2) is 42.8 Å². The van der Waals surface area contributed by atoms with Gasteiger partial charge in [-0.3, -0.25) is 4.90 Å². The van der Waals surface area contributed by atoms with Crippen LogP contribution in [0.1, 0.15) is 48.4 Å². The molecule has 0 bridgehead atoms. The summed E-state index contributed by atoms with van der Waals surface area (Å²) < 4.78 is 0. The van der Waals surface area contributed by atoms with E-state index < -0.39 is 0 Å². The average Bonchev–Trinajstić information content (AvgIpc) is 2.36. The van der Waals surface area contributed by atoms with Crippen molar-refractivity contribution in [3.63, 3.8) is 0 Å². The van der Waals surface area contributed by atoms with Crippen LogP contribution in [0.5, 0.6) is 0 Å². The van der Waals surface area contributed by atoms with Crippen LogP contribution in [0.3, 0.4) is 0 Å². The average molecular weight is 290 g/mol. The molecule has 21 heavy (non-hydrogen) atoms. The van der Waals surface area contributed by atoms with Gasteiger partial charge < -0.3 is 10.4 Å². The molecule has 1 aromatic carbocycles. The monoisotopic (exact) mass is 290 g/mol. The van der Waals surface area contributed by atoms with Gasteiger partial charge in [-0.05, 0) is 45.7 Å². The van der Waals surface area contributed by atoms with Gasteiger partial charge in [0.25, 0.3) is 0 Å². The molecule has 1 atom stereocenters. The van der Waals surface area contributed by atoms with Gasteiger partial charge in [-0.15, -0.1) is 0 Å². The normalized spacial score (nSPS) is 17.0. The number of aliphatic hydroxyl groups is 1. The van der Waals surface area contributed by atoms with Gasteiger partial charge in [-0.1, -0.05) is 35.7 Å².